The Hall–Kier alpha value is -2.88. The van der Waals surface area contributed by atoms with Crippen molar-refractivity contribution in [3.05, 3.63) is 35.9 Å². The standard InChI is InChI=1S/C17H21N5O4S/c1-20-10-12(19-17(25)26)7-13(20)15(23)18-11-8-14(21(2)9-11)16(24)22-3-5-27-6-4-22/h7-10,19H,3-6H2,1-2H3,(H,18,23)(H,25,26). The van der Waals surface area contributed by atoms with Crippen LogP contribution in [0.25, 0.3) is 0 Å². The molecular formula is C17H21N5O4S. The molecule has 2 aromatic rings. The first-order valence-corrected chi connectivity index (χ1v) is 9.51. The largest absolute Gasteiger partial charge is 0.465 e. The third-order valence-corrected chi connectivity index (χ3v) is 5.21. The number of carboxylic acid groups (broad SMARTS) is 1. The molecule has 3 N–H and O–H groups in total. The van der Waals surface area contributed by atoms with Crippen LogP contribution in [-0.4, -0.2) is 61.6 Å². The molecule has 0 radical (unpaired) electrons. The van der Waals surface area contributed by atoms with E-state index >= 15 is 0 Å². The predicted octanol–water partition coefficient (Wildman–Crippen LogP) is 1.89. The highest BCUT2D eigenvalue weighted by Crippen LogP contribution is 2.19. The smallest absolute Gasteiger partial charge is 0.409 e. The summed E-state index contributed by atoms with van der Waals surface area (Å²) in [6, 6.07) is 3.10. The van der Waals surface area contributed by atoms with Crippen LogP contribution in [0.1, 0.15) is 21.0 Å². The molecule has 3 heterocycles. The molecule has 1 aliphatic rings. The number of carbonyl (C=O) groups is 3. The SMILES string of the molecule is Cn1cc(NC(=O)O)cc1C(=O)Nc1cc(C(=O)N2CCSCC2)n(C)c1. The van der Waals surface area contributed by atoms with Gasteiger partial charge in [-0.1, -0.05) is 0 Å². The monoisotopic (exact) mass is 391 g/mol. The van der Waals surface area contributed by atoms with Crippen LogP contribution >= 0.6 is 11.8 Å². The van der Waals surface area contributed by atoms with Gasteiger partial charge >= 0.3 is 6.09 Å². The molecule has 0 aromatic carbocycles. The van der Waals surface area contributed by atoms with Crippen LogP contribution in [0.5, 0.6) is 0 Å². The van der Waals surface area contributed by atoms with E-state index in [9.17, 15) is 14.4 Å². The minimum absolute atomic E-state index is 0.0508. The normalized spacial score (nSPS) is 14.1. The highest BCUT2D eigenvalue weighted by atomic mass is 32.2. The van der Waals surface area contributed by atoms with Crippen LogP contribution in [0.3, 0.4) is 0 Å². The first-order valence-electron chi connectivity index (χ1n) is 8.36. The Labute approximate surface area is 160 Å². The molecule has 2 aromatic heterocycles. The van der Waals surface area contributed by atoms with Gasteiger partial charge in [0.1, 0.15) is 11.4 Å². The van der Waals surface area contributed by atoms with E-state index < -0.39 is 12.0 Å². The Morgan fingerprint density at radius 3 is 2.15 bits per heavy atom. The lowest BCUT2D eigenvalue weighted by molar-refractivity contribution is 0.0762. The van der Waals surface area contributed by atoms with Gasteiger partial charge in [0.2, 0.25) is 0 Å². The Morgan fingerprint density at radius 2 is 1.52 bits per heavy atom. The van der Waals surface area contributed by atoms with E-state index in [1.54, 1.807) is 30.9 Å². The number of anilines is 2. The topological polar surface area (TPSA) is 109 Å². The Balaban J connectivity index is 1.73. The van der Waals surface area contributed by atoms with Gasteiger partial charge < -0.3 is 24.5 Å². The quantitative estimate of drug-likeness (QED) is 0.738. The molecule has 3 amide bonds. The molecule has 9 nitrogen and oxygen atoms in total. The molecule has 1 aliphatic heterocycles. The zero-order chi connectivity index (χ0) is 19.6. The van der Waals surface area contributed by atoms with Gasteiger partial charge in [0.25, 0.3) is 11.8 Å². The van der Waals surface area contributed by atoms with Crippen LogP contribution in [0.4, 0.5) is 16.2 Å². The van der Waals surface area contributed by atoms with Gasteiger partial charge in [-0.3, -0.25) is 14.9 Å². The molecular weight excluding hydrogens is 370 g/mol. The first-order chi connectivity index (χ1) is 12.8. The molecule has 0 atom stereocenters. The van der Waals surface area contributed by atoms with Crippen LogP contribution in [0.15, 0.2) is 24.5 Å². The van der Waals surface area contributed by atoms with Crippen molar-refractivity contribution in [3.63, 3.8) is 0 Å². The summed E-state index contributed by atoms with van der Waals surface area (Å²) in [5.74, 6) is 1.42. The molecule has 0 aliphatic carbocycles. The van der Waals surface area contributed by atoms with E-state index in [1.165, 1.54) is 16.8 Å². The lowest BCUT2D eigenvalue weighted by Crippen LogP contribution is -2.38. The molecule has 0 spiro atoms. The highest BCUT2D eigenvalue weighted by Gasteiger charge is 2.22. The third kappa shape index (κ3) is 4.27. The van der Waals surface area contributed by atoms with Crippen molar-refractivity contribution in [1.29, 1.82) is 0 Å². The summed E-state index contributed by atoms with van der Waals surface area (Å²) < 4.78 is 3.23. The van der Waals surface area contributed by atoms with Crippen molar-refractivity contribution in [1.82, 2.24) is 14.0 Å². The summed E-state index contributed by atoms with van der Waals surface area (Å²) in [7, 11) is 3.41. The van der Waals surface area contributed by atoms with Crippen molar-refractivity contribution in [2.75, 3.05) is 35.2 Å². The number of nitrogens with one attached hydrogen (secondary N) is 2. The number of carbonyl (C=O) groups excluding carboxylic acids is 2. The van der Waals surface area contributed by atoms with Crippen molar-refractivity contribution in [2.45, 2.75) is 0 Å². The van der Waals surface area contributed by atoms with Crippen LogP contribution < -0.4 is 10.6 Å². The van der Waals surface area contributed by atoms with E-state index in [4.69, 9.17) is 5.11 Å². The third-order valence-electron chi connectivity index (χ3n) is 4.27. The molecule has 1 saturated heterocycles. The number of amides is 3. The van der Waals surface area contributed by atoms with E-state index in [-0.39, 0.29) is 5.91 Å². The minimum Gasteiger partial charge on any atom is -0.465 e. The summed E-state index contributed by atoms with van der Waals surface area (Å²) in [6.07, 6.45) is 2.00. The number of hydrogen-bond donors (Lipinski definition) is 3. The molecule has 0 bridgehead atoms. The predicted molar refractivity (Wildman–Crippen MR) is 104 cm³/mol. The summed E-state index contributed by atoms with van der Waals surface area (Å²) in [5.41, 5.74) is 1.62. The lowest BCUT2D eigenvalue weighted by Gasteiger charge is -2.26. The maximum absolute atomic E-state index is 12.7. The average Bonchev–Trinajstić information content (AvgIpc) is 3.16. The molecule has 1 fully saturated rings. The van der Waals surface area contributed by atoms with Crippen molar-refractivity contribution < 1.29 is 19.5 Å². The fraction of sp³-hybridized carbons (Fsp3) is 0.353. The van der Waals surface area contributed by atoms with Gasteiger partial charge in [-0.05, 0) is 12.1 Å². The maximum atomic E-state index is 12.7. The molecule has 3 rings (SSSR count). The van der Waals surface area contributed by atoms with E-state index in [2.05, 4.69) is 10.6 Å². The first kappa shape index (κ1) is 18.9. The lowest BCUT2D eigenvalue weighted by atomic mass is 10.3. The number of thioether (sulfide) groups is 1. The van der Waals surface area contributed by atoms with Crippen molar-refractivity contribution in [3.8, 4) is 0 Å². The molecule has 27 heavy (non-hydrogen) atoms. The van der Waals surface area contributed by atoms with E-state index in [0.717, 1.165) is 24.6 Å². The number of rotatable bonds is 4. The number of nitrogens with zero attached hydrogens (tertiary/aromatic N) is 3. The van der Waals surface area contributed by atoms with Crippen molar-refractivity contribution >= 4 is 41.0 Å². The van der Waals surface area contributed by atoms with Crippen LogP contribution in [-0.2, 0) is 14.1 Å². The Kier molecular flexibility index (Phi) is 5.45. The van der Waals surface area contributed by atoms with Gasteiger partial charge in [0.15, 0.2) is 0 Å². The average molecular weight is 391 g/mol. The zero-order valence-electron chi connectivity index (χ0n) is 15.1. The number of hydrogen-bond acceptors (Lipinski definition) is 4. The van der Waals surface area contributed by atoms with Gasteiger partial charge in [0.05, 0.1) is 11.4 Å². The van der Waals surface area contributed by atoms with Gasteiger partial charge in [-0.25, -0.2) is 4.79 Å². The number of aromatic nitrogens is 2. The summed E-state index contributed by atoms with van der Waals surface area (Å²) in [6.45, 7) is 1.44. The molecule has 144 valence electrons. The highest BCUT2D eigenvalue weighted by molar-refractivity contribution is 7.99. The maximum Gasteiger partial charge on any atom is 0.409 e. The van der Waals surface area contributed by atoms with E-state index in [0.29, 0.717) is 22.8 Å². The Morgan fingerprint density at radius 1 is 0.963 bits per heavy atom. The summed E-state index contributed by atoms with van der Waals surface area (Å²) in [5, 5.41) is 13.7. The second-order valence-corrected chi connectivity index (χ2v) is 7.46. The summed E-state index contributed by atoms with van der Waals surface area (Å²) in [4.78, 5) is 37.7. The number of aryl methyl sites for hydroxylation is 2. The van der Waals surface area contributed by atoms with Gasteiger partial charge in [-0.15, -0.1) is 0 Å². The van der Waals surface area contributed by atoms with Gasteiger partial charge in [0, 0.05) is 51.1 Å². The fourth-order valence-electron chi connectivity index (χ4n) is 2.95. The zero-order valence-corrected chi connectivity index (χ0v) is 15.9. The van der Waals surface area contributed by atoms with Gasteiger partial charge in [-0.2, -0.15) is 11.8 Å². The molecule has 0 saturated carbocycles. The molecule has 0 unspecified atom stereocenters. The second kappa shape index (κ2) is 7.78. The Bertz CT molecular complexity index is 882. The van der Waals surface area contributed by atoms with E-state index in [1.807, 2.05) is 16.7 Å². The van der Waals surface area contributed by atoms with Crippen LogP contribution in [0.2, 0.25) is 0 Å². The fourth-order valence-corrected chi connectivity index (χ4v) is 3.85. The van der Waals surface area contributed by atoms with Crippen molar-refractivity contribution in [2.24, 2.45) is 14.1 Å². The minimum atomic E-state index is -1.20. The van der Waals surface area contributed by atoms with Crippen LogP contribution in [0, 0.1) is 0 Å². The second-order valence-electron chi connectivity index (χ2n) is 6.24. The molecule has 10 heteroatoms. The summed E-state index contributed by atoms with van der Waals surface area (Å²) >= 11 is 1.83.